The summed E-state index contributed by atoms with van der Waals surface area (Å²) in [5.41, 5.74) is 5.95. The van der Waals surface area contributed by atoms with Gasteiger partial charge in [0.2, 0.25) is 0 Å². The lowest BCUT2D eigenvalue weighted by Gasteiger charge is -2.02. The Morgan fingerprint density at radius 1 is 0.850 bits per heavy atom. The van der Waals surface area contributed by atoms with Crippen molar-refractivity contribution >= 4 is 0 Å². The Hall–Kier alpha value is -2.48. The van der Waals surface area contributed by atoms with Crippen LogP contribution in [0, 0.1) is 6.92 Å². The number of ether oxygens (including phenoxy) is 1. The second-order valence-corrected chi connectivity index (χ2v) is 4.82. The van der Waals surface area contributed by atoms with E-state index in [9.17, 15) is 0 Å². The summed E-state index contributed by atoms with van der Waals surface area (Å²) in [5, 5.41) is 0. The van der Waals surface area contributed by atoms with E-state index in [1.165, 1.54) is 22.4 Å². The number of nitrogens with one attached hydrogen (secondary N) is 1. The fourth-order valence-corrected chi connectivity index (χ4v) is 2.40. The Kier molecular flexibility index (Phi) is 3.30. The lowest BCUT2D eigenvalue weighted by atomic mass is 10.1. The third-order valence-electron chi connectivity index (χ3n) is 3.50. The fourth-order valence-electron chi connectivity index (χ4n) is 2.40. The molecular formula is C18H17NO. The van der Waals surface area contributed by atoms with E-state index < -0.39 is 0 Å². The zero-order valence-electron chi connectivity index (χ0n) is 11.7. The molecule has 2 nitrogen and oxygen atoms in total. The molecule has 0 bridgehead atoms. The first-order valence-electron chi connectivity index (χ1n) is 6.67. The fraction of sp³-hybridized carbons (Fsp3) is 0.111. The minimum Gasteiger partial charge on any atom is -0.497 e. The largest absolute Gasteiger partial charge is 0.497 e. The Bertz CT molecular complexity index is 696. The number of aromatic amines is 1. The van der Waals surface area contributed by atoms with Crippen molar-refractivity contribution in [1.29, 1.82) is 0 Å². The van der Waals surface area contributed by atoms with E-state index in [1.54, 1.807) is 7.11 Å². The zero-order chi connectivity index (χ0) is 13.9. The quantitative estimate of drug-likeness (QED) is 0.730. The van der Waals surface area contributed by atoms with Crippen LogP contribution in [0.3, 0.4) is 0 Å². The van der Waals surface area contributed by atoms with Crippen LogP contribution in [0.5, 0.6) is 5.75 Å². The number of aryl methyl sites for hydroxylation is 1. The van der Waals surface area contributed by atoms with Crippen LogP contribution in [0.1, 0.15) is 5.69 Å². The third-order valence-corrected chi connectivity index (χ3v) is 3.50. The van der Waals surface area contributed by atoms with Crippen molar-refractivity contribution in [1.82, 2.24) is 4.98 Å². The summed E-state index contributed by atoms with van der Waals surface area (Å²) in [6.07, 6.45) is 0. The Morgan fingerprint density at radius 3 is 2.20 bits per heavy atom. The molecule has 0 spiro atoms. The molecular weight excluding hydrogens is 246 g/mol. The van der Waals surface area contributed by atoms with Crippen LogP contribution in [-0.4, -0.2) is 12.1 Å². The van der Waals surface area contributed by atoms with Crippen LogP contribution in [0.15, 0.2) is 60.7 Å². The maximum Gasteiger partial charge on any atom is 0.118 e. The Labute approximate surface area is 119 Å². The van der Waals surface area contributed by atoms with Crippen molar-refractivity contribution in [2.45, 2.75) is 6.92 Å². The van der Waals surface area contributed by atoms with Crippen LogP contribution in [0.4, 0.5) is 0 Å². The summed E-state index contributed by atoms with van der Waals surface area (Å²) in [4.78, 5) is 3.46. The molecule has 2 aromatic carbocycles. The monoisotopic (exact) mass is 263 g/mol. The molecule has 0 radical (unpaired) electrons. The molecule has 0 saturated heterocycles. The first-order chi connectivity index (χ1) is 9.78. The molecule has 100 valence electrons. The molecule has 1 heterocycles. The molecule has 0 amide bonds. The average Bonchev–Trinajstić information content (AvgIpc) is 2.90. The van der Waals surface area contributed by atoms with Gasteiger partial charge >= 0.3 is 0 Å². The van der Waals surface area contributed by atoms with Crippen molar-refractivity contribution in [3.8, 4) is 28.1 Å². The van der Waals surface area contributed by atoms with E-state index >= 15 is 0 Å². The maximum atomic E-state index is 5.20. The molecule has 3 rings (SSSR count). The molecule has 0 unspecified atom stereocenters. The summed E-state index contributed by atoms with van der Waals surface area (Å²) < 4.78 is 5.20. The summed E-state index contributed by atoms with van der Waals surface area (Å²) in [5.74, 6) is 0.880. The first kappa shape index (κ1) is 12.5. The predicted molar refractivity (Wildman–Crippen MR) is 83.0 cm³/mol. The first-order valence-corrected chi connectivity index (χ1v) is 6.67. The molecule has 0 atom stereocenters. The summed E-state index contributed by atoms with van der Waals surface area (Å²) in [7, 11) is 1.68. The van der Waals surface area contributed by atoms with E-state index in [1.807, 2.05) is 18.2 Å². The molecule has 0 aliphatic heterocycles. The topological polar surface area (TPSA) is 25.0 Å². The highest BCUT2D eigenvalue weighted by Crippen LogP contribution is 2.30. The third kappa shape index (κ3) is 2.32. The number of hydrogen-bond acceptors (Lipinski definition) is 1. The van der Waals surface area contributed by atoms with Crippen molar-refractivity contribution in [2.75, 3.05) is 7.11 Å². The van der Waals surface area contributed by atoms with Crippen molar-refractivity contribution < 1.29 is 4.74 Å². The number of aromatic nitrogens is 1. The van der Waals surface area contributed by atoms with E-state index in [0.29, 0.717) is 0 Å². The van der Waals surface area contributed by atoms with Gasteiger partial charge in [0, 0.05) is 17.0 Å². The van der Waals surface area contributed by atoms with E-state index in [4.69, 9.17) is 4.74 Å². The number of H-pyrrole nitrogens is 1. The molecule has 0 aliphatic rings. The van der Waals surface area contributed by atoms with Crippen LogP contribution in [-0.2, 0) is 0 Å². The standard InChI is InChI=1S/C18H17NO/c1-13-17(14-8-10-16(20-2)11-9-14)12-18(19-13)15-6-4-3-5-7-15/h3-12,19H,1-2H3. The normalized spacial score (nSPS) is 10.5. The minimum absolute atomic E-state index is 0.880. The van der Waals surface area contributed by atoms with Gasteiger partial charge in [-0.2, -0.15) is 0 Å². The van der Waals surface area contributed by atoms with Crippen LogP contribution < -0.4 is 4.74 Å². The van der Waals surface area contributed by atoms with Gasteiger partial charge in [0.25, 0.3) is 0 Å². The second kappa shape index (κ2) is 5.25. The predicted octanol–water partition coefficient (Wildman–Crippen LogP) is 4.67. The highest BCUT2D eigenvalue weighted by molar-refractivity contribution is 5.74. The van der Waals surface area contributed by atoms with E-state index in [2.05, 4.69) is 54.4 Å². The molecule has 1 aromatic heterocycles. The van der Waals surface area contributed by atoms with Gasteiger partial charge < -0.3 is 9.72 Å². The van der Waals surface area contributed by atoms with Crippen LogP contribution >= 0.6 is 0 Å². The number of methoxy groups -OCH3 is 1. The lowest BCUT2D eigenvalue weighted by molar-refractivity contribution is 0.415. The van der Waals surface area contributed by atoms with Gasteiger partial charge in [0.05, 0.1) is 7.11 Å². The molecule has 0 aliphatic carbocycles. The SMILES string of the molecule is COc1ccc(-c2cc(-c3ccccc3)[nH]c2C)cc1. The highest BCUT2D eigenvalue weighted by Gasteiger charge is 2.08. The molecule has 0 saturated carbocycles. The van der Waals surface area contributed by atoms with Gasteiger partial charge in [-0.25, -0.2) is 0 Å². The molecule has 1 N–H and O–H groups in total. The maximum absolute atomic E-state index is 5.20. The van der Waals surface area contributed by atoms with Gasteiger partial charge in [-0.15, -0.1) is 0 Å². The van der Waals surface area contributed by atoms with Crippen LogP contribution in [0.25, 0.3) is 22.4 Å². The molecule has 2 heteroatoms. The van der Waals surface area contributed by atoms with Gasteiger partial charge in [0.1, 0.15) is 5.75 Å². The van der Waals surface area contributed by atoms with E-state index in [0.717, 1.165) is 11.4 Å². The summed E-state index contributed by atoms with van der Waals surface area (Å²) >= 11 is 0. The lowest BCUT2D eigenvalue weighted by Crippen LogP contribution is -1.83. The molecule has 0 fully saturated rings. The smallest absolute Gasteiger partial charge is 0.118 e. The van der Waals surface area contributed by atoms with Crippen LogP contribution in [0.2, 0.25) is 0 Å². The average molecular weight is 263 g/mol. The van der Waals surface area contributed by atoms with Gasteiger partial charge in [-0.3, -0.25) is 0 Å². The highest BCUT2D eigenvalue weighted by atomic mass is 16.5. The Balaban J connectivity index is 2.00. The number of benzene rings is 2. The van der Waals surface area contributed by atoms with Gasteiger partial charge in [-0.05, 0) is 36.2 Å². The minimum atomic E-state index is 0.880. The Morgan fingerprint density at radius 2 is 1.55 bits per heavy atom. The van der Waals surface area contributed by atoms with Gasteiger partial charge in [-0.1, -0.05) is 42.5 Å². The van der Waals surface area contributed by atoms with Gasteiger partial charge in [0.15, 0.2) is 0 Å². The number of hydrogen-bond donors (Lipinski definition) is 1. The van der Waals surface area contributed by atoms with Crippen molar-refractivity contribution in [3.05, 3.63) is 66.4 Å². The zero-order valence-corrected chi connectivity index (χ0v) is 11.7. The molecule has 3 aromatic rings. The second-order valence-electron chi connectivity index (χ2n) is 4.82. The van der Waals surface area contributed by atoms with Crippen molar-refractivity contribution in [2.24, 2.45) is 0 Å². The van der Waals surface area contributed by atoms with E-state index in [-0.39, 0.29) is 0 Å². The van der Waals surface area contributed by atoms with Crippen molar-refractivity contribution in [3.63, 3.8) is 0 Å². The molecule has 20 heavy (non-hydrogen) atoms. The summed E-state index contributed by atoms with van der Waals surface area (Å²) in [6.45, 7) is 2.10. The summed E-state index contributed by atoms with van der Waals surface area (Å²) in [6, 6.07) is 20.7. The number of rotatable bonds is 3.